The number of rotatable bonds is 15. The van der Waals surface area contributed by atoms with Crippen LogP contribution >= 0.6 is 0 Å². The van der Waals surface area contributed by atoms with Gasteiger partial charge in [0.15, 0.2) is 0 Å². The molecule has 0 radical (unpaired) electrons. The first kappa shape index (κ1) is 23.0. The second-order valence-electron chi connectivity index (χ2n) is 9.16. The Morgan fingerprint density at radius 3 is 1.60 bits per heavy atom. The summed E-state index contributed by atoms with van der Waals surface area (Å²) in [6, 6.07) is 0.478. The van der Waals surface area contributed by atoms with Crippen molar-refractivity contribution in [3.63, 3.8) is 0 Å². The molecule has 1 aliphatic carbocycles. The maximum Gasteiger partial charge on any atom is 0.115 e. The highest BCUT2D eigenvalue weighted by molar-refractivity contribution is 4.75. The summed E-state index contributed by atoms with van der Waals surface area (Å²) in [5, 5.41) is 10.3. The van der Waals surface area contributed by atoms with E-state index in [0.29, 0.717) is 6.04 Å². The first-order valence-corrected chi connectivity index (χ1v) is 11.6. The summed E-state index contributed by atoms with van der Waals surface area (Å²) in [6.07, 6.45) is 23.2. The van der Waals surface area contributed by atoms with Crippen LogP contribution in [0.1, 0.15) is 116 Å². The molecule has 0 aromatic carbocycles. The molecule has 0 heterocycles. The molecule has 0 bridgehead atoms. The smallest absolute Gasteiger partial charge is 0.115 e. The Bertz CT molecular complexity index is 302. The Hall–Kier alpha value is -0.0800. The van der Waals surface area contributed by atoms with Crippen molar-refractivity contribution in [3.8, 4) is 0 Å². The van der Waals surface area contributed by atoms with Gasteiger partial charge in [-0.3, -0.25) is 0 Å². The van der Waals surface area contributed by atoms with E-state index in [4.69, 9.17) is 0 Å². The van der Waals surface area contributed by atoms with E-state index in [1.807, 2.05) is 0 Å². The Labute approximate surface area is 159 Å². The van der Waals surface area contributed by atoms with E-state index in [1.54, 1.807) is 0 Å². The lowest BCUT2D eigenvalue weighted by Gasteiger charge is -2.42. The van der Waals surface area contributed by atoms with Crippen molar-refractivity contribution >= 4 is 0 Å². The molecule has 150 valence electrons. The predicted octanol–water partition coefficient (Wildman–Crippen LogP) is 6.46. The zero-order valence-corrected chi connectivity index (χ0v) is 17.8. The van der Waals surface area contributed by atoms with Gasteiger partial charge in [-0.2, -0.15) is 0 Å². The molecule has 1 aliphatic rings. The summed E-state index contributed by atoms with van der Waals surface area (Å²) in [7, 11) is 4.67. The van der Waals surface area contributed by atoms with Crippen molar-refractivity contribution in [2.24, 2.45) is 0 Å². The highest BCUT2D eigenvalue weighted by Gasteiger charge is 2.35. The van der Waals surface area contributed by atoms with E-state index in [-0.39, 0.29) is 6.10 Å². The van der Waals surface area contributed by atoms with E-state index in [0.717, 1.165) is 10.9 Å². The van der Waals surface area contributed by atoms with Crippen LogP contribution in [0.3, 0.4) is 0 Å². The number of hydrogen-bond donors (Lipinski definition) is 1. The summed E-state index contributed by atoms with van der Waals surface area (Å²) in [5.74, 6) is 0. The highest BCUT2D eigenvalue weighted by Crippen LogP contribution is 2.26. The minimum Gasteiger partial charge on any atom is -0.387 e. The molecule has 0 amide bonds. The third kappa shape index (κ3) is 10.6. The number of likely N-dealkylation sites (N-methyl/N-ethyl adjacent to an activating group) is 1. The number of aliphatic hydroxyl groups excluding tert-OH is 1. The van der Waals surface area contributed by atoms with Crippen LogP contribution in [0.25, 0.3) is 0 Å². The molecule has 0 aliphatic heterocycles. The Balaban J connectivity index is 1.91. The van der Waals surface area contributed by atoms with Crippen LogP contribution in [0, 0.1) is 0 Å². The van der Waals surface area contributed by atoms with Gasteiger partial charge in [0.2, 0.25) is 0 Å². The Kier molecular flexibility index (Phi) is 12.9. The molecule has 1 fully saturated rings. The van der Waals surface area contributed by atoms with E-state index in [9.17, 15) is 5.11 Å². The summed E-state index contributed by atoms with van der Waals surface area (Å²) in [6.45, 7) is 3.53. The van der Waals surface area contributed by atoms with E-state index < -0.39 is 0 Å². The number of hydrogen-bond acceptors (Lipinski definition) is 1. The standard InChI is InChI=1S/C23H48NO/c1-4-5-6-7-8-9-10-11-12-13-14-15-18-21-24(2,3)22-19-16-17-20-23(22)25/h22-23,25H,4-21H2,1-3H3/q+1. The normalized spacial score (nSPS) is 21.6. The molecule has 0 aromatic heterocycles. The quantitative estimate of drug-likeness (QED) is 0.264. The lowest BCUT2D eigenvalue weighted by atomic mass is 9.90. The molecule has 1 saturated carbocycles. The van der Waals surface area contributed by atoms with E-state index in [1.165, 1.54) is 109 Å². The van der Waals surface area contributed by atoms with Gasteiger partial charge >= 0.3 is 0 Å². The van der Waals surface area contributed by atoms with Crippen LogP contribution in [0.4, 0.5) is 0 Å². The molecule has 2 atom stereocenters. The minimum absolute atomic E-state index is 0.0641. The Morgan fingerprint density at radius 2 is 1.12 bits per heavy atom. The topological polar surface area (TPSA) is 20.2 Å². The summed E-state index contributed by atoms with van der Waals surface area (Å²) < 4.78 is 1.03. The Morgan fingerprint density at radius 1 is 0.680 bits per heavy atom. The molecule has 2 nitrogen and oxygen atoms in total. The second-order valence-corrected chi connectivity index (χ2v) is 9.16. The summed E-state index contributed by atoms with van der Waals surface area (Å²) >= 11 is 0. The van der Waals surface area contributed by atoms with Crippen LogP contribution in [-0.4, -0.2) is 42.4 Å². The van der Waals surface area contributed by atoms with Gasteiger partial charge in [0.1, 0.15) is 12.1 Å². The molecule has 2 heteroatoms. The van der Waals surface area contributed by atoms with Gasteiger partial charge in [-0.05, 0) is 25.7 Å². The van der Waals surface area contributed by atoms with Gasteiger partial charge in [-0.25, -0.2) is 0 Å². The van der Waals surface area contributed by atoms with E-state index >= 15 is 0 Å². The fourth-order valence-corrected chi connectivity index (χ4v) is 4.61. The zero-order valence-electron chi connectivity index (χ0n) is 17.8. The fourth-order valence-electron chi connectivity index (χ4n) is 4.61. The fraction of sp³-hybridized carbons (Fsp3) is 1.00. The average Bonchev–Trinajstić information content (AvgIpc) is 2.59. The maximum absolute atomic E-state index is 10.3. The minimum atomic E-state index is -0.0641. The molecule has 1 N–H and O–H groups in total. The third-order valence-electron chi connectivity index (χ3n) is 6.43. The molecule has 1 rings (SSSR count). The first-order chi connectivity index (χ1) is 12.1. The SMILES string of the molecule is CCCCCCCCCCCCCCC[N+](C)(C)C1CCCCC1O. The predicted molar refractivity (Wildman–Crippen MR) is 111 cm³/mol. The number of nitrogens with zero attached hydrogens (tertiary/aromatic N) is 1. The van der Waals surface area contributed by atoms with Crippen LogP contribution in [-0.2, 0) is 0 Å². The molecule has 2 unspecified atom stereocenters. The largest absolute Gasteiger partial charge is 0.387 e. The van der Waals surface area contributed by atoms with Gasteiger partial charge in [-0.15, -0.1) is 0 Å². The number of unbranched alkanes of at least 4 members (excludes halogenated alkanes) is 12. The highest BCUT2D eigenvalue weighted by atomic mass is 16.3. The summed E-state index contributed by atoms with van der Waals surface area (Å²) in [5.41, 5.74) is 0. The van der Waals surface area contributed by atoms with Gasteiger partial charge in [0.25, 0.3) is 0 Å². The molecule has 0 spiro atoms. The lowest BCUT2D eigenvalue weighted by molar-refractivity contribution is -0.920. The first-order valence-electron chi connectivity index (χ1n) is 11.6. The lowest BCUT2D eigenvalue weighted by Crippen LogP contribution is -2.56. The molecule has 25 heavy (non-hydrogen) atoms. The van der Waals surface area contributed by atoms with Crippen molar-refractivity contribution in [2.45, 2.75) is 128 Å². The maximum atomic E-state index is 10.3. The van der Waals surface area contributed by atoms with E-state index in [2.05, 4.69) is 21.0 Å². The average molecular weight is 355 g/mol. The zero-order chi connectivity index (χ0) is 18.4. The second kappa shape index (κ2) is 14.0. The van der Waals surface area contributed by atoms with Crippen molar-refractivity contribution < 1.29 is 9.59 Å². The van der Waals surface area contributed by atoms with Gasteiger partial charge < -0.3 is 9.59 Å². The van der Waals surface area contributed by atoms with Crippen LogP contribution in [0.2, 0.25) is 0 Å². The third-order valence-corrected chi connectivity index (χ3v) is 6.43. The van der Waals surface area contributed by atoms with Crippen molar-refractivity contribution in [1.29, 1.82) is 0 Å². The number of quaternary nitrogens is 1. The molecule has 0 saturated heterocycles. The number of aliphatic hydroxyl groups is 1. The van der Waals surface area contributed by atoms with Crippen LogP contribution < -0.4 is 0 Å². The van der Waals surface area contributed by atoms with Gasteiger partial charge in [-0.1, -0.05) is 84.0 Å². The van der Waals surface area contributed by atoms with Gasteiger partial charge in [0.05, 0.1) is 20.6 Å². The monoisotopic (exact) mass is 354 g/mol. The summed E-state index contributed by atoms with van der Waals surface area (Å²) in [4.78, 5) is 0. The molecular formula is C23H48NO+. The van der Waals surface area contributed by atoms with Gasteiger partial charge in [0, 0.05) is 6.42 Å². The van der Waals surface area contributed by atoms with Crippen molar-refractivity contribution in [1.82, 2.24) is 0 Å². The molecular weight excluding hydrogens is 306 g/mol. The van der Waals surface area contributed by atoms with Crippen molar-refractivity contribution in [3.05, 3.63) is 0 Å². The van der Waals surface area contributed by atoms with Crippen LogP contribution in [0.15, 0.2) is 0 Å². The molecule has 0 aromatic rings. The van der Waals surface area contributed by atoms with Crippen molar-refractivity contribution in [2.75, 3.05) is 20.6 Å². The van der Waals surface area contributed by atoms with Crippen LogP contribution in [0.5, 0.6) is 0 Å².